The summed E-state index contributed by atoms with van der Waals surface area (Å²) in [6.45, 7) is 1.21. The summed E-state index contributed by atoms with van der Waals surface area (Å²) in [4.78, 5) is 26.4. The van der Waals surface area contributed by atoms with Crippen molar-refractivity contribution < 1.29 is 14.1 Å². The number of hydrogen-bond donors (Lipinski definition) is 2. The summed E-state index contributed by atoms with van der Waals surface area (Å²) in [5.74, 6) is 0.513. The van der Waals surface area contributed by atoms with Crippen LogP contribution >= 0.6 is 0 Å². The van der Waals surface area contributed by atoms with Gasteiger partial charge in [0.2, 0.25) is 5.76 Å². The fourth-order valence-electron chi connectivity index (χ4n) is 3.17. The van der Waals surface area contributed by atoms with Crippen LogP contribution in [0.2, 0.25) is 0 Å². The maximum atomic E-state index is 12.3. The first-order valence-corrected chi connectivity index (χ1v) is 9.07. The van der Waals surface area contributed by atoms with Gasteiger partial charge in [0.05, 0.1) is 5.69 Å². The van der Waals surface area contributed by atoms with Crippen molar-refractivity contribution in [2.24, 2.45) is 0 Å². The summed E-state index contributed by atoms with van der Waals surface area (Å²) in [5.41, 5.74) is 1.66. The zero-order valence-electron chi connectivity index (χ0n) is 14.5. The molecule has 136 valence electrons. The van der Waals surface area contributed by atoms with Gasteiger partial charge in [0.25, 0.3) is 5.91 Å². The second-order valence-corrected chi connectivity index (χ2v) is 6.92. The number of rotatable bonds is 4. The molecule has 2 N–H and O–H groups in total. The molecule has 7 nitrogen and oxygen atoms in total. The first kappa shape index (κ1) is 16.6. The van der Waals surface area contributed by atoms with Gasteiger partial charge in [-0.2, -0.15) is 0 Å². The average Bonchev–Trinajstić information content (AvgIpc) is 3.39. The van der Waals surface area contributed by atoms with Crippen molar-refractivity contribution in [1.82, 2.24) is 15.4 Å². The lowest BCUT2D eigenvalue weighted by Gasteiger charge is -2.32. The standard InChI is InChI=1S/C19H22N4O3/c24-18(17-12-16(22-26-17)13-6-7-13)20-15-8-10-23(11-9-15)19(25)21-14-4-2-1-3-5-14/h1-5,12-13,15H,6-11H2,(H,20,24)(H,21,25). The number of benzene rings is 1. The Kier molecular flexibility index (Phi) is 4.60. The third-order valence-corrected chi connectivity index (χ3v) is 4.89. The molecule has 3 amide bonds. The van der Waals surface area contributed by atoms with E-state index >= 15 is 0 Å². The Morgan fingerprint density at radius 1 is 1.08 bits per heavy atom. The van der Waals surface area contributed by atoms with Gasteiger partial charge in [-0.05, 0) is 37.8 Å². The molecule has 2 aliphatic rings. The molecule has 1 saturated heterocycles. The van der Waals surface area contributed by atoms with Crippen molar-refractivity contribution in [3.63, 3.8) is 0 Å². The van der Waals surface area contributed by atoms with Crippen LogP contribution in [0.15, 0.2) is 40.9 Å². The Bertz CT molecular complexity index is 777. The van der Waals surface area contributed by atoms with Gasteiger partial charge >= 0.3 is 6.03 Å². The Morgan fingerprint density at radius 2 is 1.81 bits per heavy atom. The van der Waals surface area contributed by atoms with Gasteiger partial charge in [0.1, 0.15) is 0 Å². The minimum absolute atomic E-state index is 0.0396. The highest BCUT2D eigenvalue weighted by Gasteiger charge is 2.29. The number of amides is 3. The number of hydrogen-bond acceptors (Lipinski definition) is 4. The molecule has 1 aliphatic carbocycles. The molecular weight excluding hydrogens is 332 g/mol. The van der Waals surface area contributed by atoms with Gasteiger partial charge in [-0.25, -0.2) is 4.79 Å². The van der Waals surface area contributed by atoms with Crippen LogP contribution in [0.5, 0.6) is 0 Å². The maximum Gasteiger partial charge on any atom is 0.321 e. The normalized spacial score (nSPS) is 17.8. The van der Waals surface area contributed by atoms with Crippen LogP contribution in [0.4, 0.5) is 10.5 Å². The lowest BCUT2D eigenvalue weighted by Crippen LogP contribution is -2.47. The number of carbonyl (C=O) groups excluding carboxylic acids is 2. The van der Waals surface area contributed by atoms with Crippen LogP contribution in [0, 0.1) is 0 Å². The van der Waals surface area contributed by atoms with Crippen LogP contribution in [0.25, 0.3) is 0 Å². The molecule has 1 aliphatic heterocycles. The van der Waals surface area contributed by atoms with E-state index in [1.54, 1.807) is 11.0 Å². The second-order valence-electron chi connectivity index (χ2n) is 6.92. The number of nitrogens with zero attached hydrogens (tertiary/aromatic N) is 2. The number of carbonyl (C=O) groups is 2. The van der Waals surface area contributed by atoms with Gasteiger partial charge in [-0.1, -0.05) is 23.4 Å². The van der Waals surface area contributed by atoms with E-state index in [9.17, 15) is 9.59 Å². The van der Waals surface area contributed by atoms with Crippen LogP contribution in [0.1, 0.15) is 47.8 Å². The number of para-hydroxylation sites is 1. The molecule has 26 heavy (non-hydrogen) atoms. The monoisotopic (exact) mass is 354 g/mol. The van der Waals surface area contributed by atoms with E-state index < -0.39 is 0 Å². The third-order valence-electron chi connectivity index (χ3n) is 4.89. The molecule has 7 heteroatoms. The van der Waals surface area contributed by atoms with E-state index in [-0.39, 0.29) is 23.7 Å². The van der Waals surface area contributed by atoms with E-state index in [1.807, 2.05) is 30.3 Å². The molecule has 1 saturated carbocycles. The highest BCUT2D eigenvalue weighted by molar-refractivity contribution is 5.92. The van der Waals surface area contributed by atoms with Gasteiger partial charge in [0, 0.05) is 36.8 Å². The van der Waals surface area contributed by atoms with Gasteiger partial charge in [0.15, 0.2) is 0 Å². The molecule has 2 aromatic rings. The number of aromatic nitrogens is 1. The number of anilines is 1. The fourth-order valence-corrected chi connectivity index (χ4v) is 3.17. The Labute approximate surface area is 151 Å². The van der Waals surface area contributed by atoms with Gasteiger partial charge < -0.3 is 20.1 Å². The molecule has 0 radical (unpaired) electrons. The van der Waals surface area contributed by atoms with Crippen LogP contribution in [-0.4, -0.2) is 41.1 Å². The molecule has 0 spiro atoms. The summed E-state index contributed by atoms with van der Waals surface area (Å²) < 4.78 is 5.16. The molecule has 0 unspecified atom stereocenters. The fraction of sp³-hybridized carbons (Fsp3) is 0.421. The predicted molar refractivity (Wildman–Crippen MR) is 96.0 cm³/mol. The van der Waals surface area contributed by atoms with Crippen molar-refractivity contribution in [1.29, 1.82) is 0 Å². The number of likely N-dealkylation sites (tertiary alicyclic amines) is 1. The SMILES string of the molecule is O=C(NC1CCN(C(=O)Nc2ccccc2)CC1)c1cc(C2CC2)no1. The maximum absolute atomic E-state index is 12.3. The predicted octanol–water partition coefficient (Wildman–Crippen LogP) is 2.98. The molecular formula is C19H22N4O3. The van der Waals surface area contributed by atoms with Crippen LogP contribution in [0.3, 0.4) is 0 Å². The molecule has 1 aromatic carbocycles. The molecule has 1 aromatic heterocycles. The molecule has 4 rings (SSSR count). The van der Waals surface area contributed by atoms with Crippen LogP contribution < -0.4 is 10.6 Å². The lowest BCUT2D eigenvalue weighted by atomic mass is 10.1. The minimum Gasteiger partial charge on any atom is -0.351 e. The number of nitrogens with one attached hydrogen (secondary N) is 2. The van der Waals surface area contributed by atoms with E-state index in [0.29, 0.717) is 19.0 Å². The Morgan fingerprint density at radius 3 is 2.50 bits per heavy atom. The Balaban J connectivity index is 1.25. The summed E-state index contributed by atoms with van der Waals surface area (Å²) in [6, 6.07) is 11.1. The number of piperidine rings is 1. The van der Waals surface area contributed by atoms with E-state index in [0.717, 1.165) is 37.1 Å². The highest BCUT2D eigenvalue weighted by Crippen LogP contribution is 2.39. The topological polar surface area (TPSA) is 87.5 Å². The minimum atomic E-state index is -0.225. The molecule has 2 fully saturated rings. The van der Waals surface area contributed by atoms with E-state index in [4.69, 9.17) is 4.52 Å². The van der Waals surface area contributed by atoms with Crippen LogP contribution in [-0.2, 0) is 0 Å². The molecule has 0 atom stereocenters. The summed E-state index contributed by atoms with van der Waals surface area (Å²) in [6.07, 6.45) is 3.68. The molecule has 0 bridgehead atoms. The van der Waals surface area contributed by atoms with Gasteiger partial charge in [-0.15, -0.1) is 0 Å². The van der Waals surface area contributed by atoms with Crippen molar-refractivity contribution in [2.75, 3.05) is 18.4 Å². The third kappa shape index (κ3) is 3.87. The van der Waals surface area contributed by atoms with Crippen molar-refractivity contribution in [3.8, 4) is 0 Å². The zero-order valence-corrected chi connectivity index (χ0v) is 14.5. The first-order chi connectivity index (χ1) is 12.7. The largest absolute Gasteiger partial charge is 0.351 e. The van der Waals surface area contributed by atoms with Crippen molar-refractivity contribution >= 4 is 17.6 Å². The summed E-state index contributed by atoms with van der Waals surface area (Å²) >= 11 is 0. The number of urea groups is 1. The lowest BCUT2D eigenvalue weighted by molar-refractivity contribution is 0.0882. The Hall–Kier alpha value is -2.83. The van der Waals surface area contributed by atoms with Gasteiger partial charge in [-0.3, -0.25) is 4.79 Å². The van der Waals surface area contributed by atoms with Crippen molar-refractivity contribution in [3.05, 3.63) is 47.9 Å². The van der Waals surface area contributed by atoms with Crippen molar-refractivity contribution in [2.45, 2.75) is 37.6 Å². The second kappa shape index (κ2) is 7.19. The average molecular weight is 354 g/mol. The van der Waals surface area contributed by atoms with E-state index in [2.05, 4.69) is 15.8 Å². The quantitative estimate of drug-likeness (QED) is 0.884. The molecule has 2 heterocycles. The zero-order chi connectivity index (χ0) is 17.9. The summed E-state index contributed by atoms with van der Waals surface area (Å²) in [5, 5.41) is 9.85. The smallest absolute Gasteiger partial charge is 0.321 e. The highest BCUT2D eigenvalue weighted by atomic mass is 16.5. The van der Waals surface area contributed by atoms with E-state index in [1.165, 1.54) is 0 Å². The first-order valence-electron chi connectivity index (χ1n) is 9.07. The summed E-state index contributed by atoms with van der Waals surface area (Å²) in [7, 11) is 0.